The van der Waals surface area contributed by atoms with E-state index in [2.05, 4.69) is 29.7 Å². The molecule has 0 aromatic rings. The van der Waals surface area contributed by atoms with Crippen molar-refractivity contribution in [2.24, 2.45) is 23.2 Å². The van der Waals surface area contributed by atoms with Gasteiger partial charge in [0.25, 0.3) is 0 Å². The van der Waals surface area contributed by atoms with E-state index in [1.54, 1.807) is 0 Å². The average Bonchev–Trinajstić information content (AvgIpc) is 3.27. The lowest BCUT2D eigenvalue weighted by Crippen LogP contribution is -2.42. The van der Waals surface area contributed by atoms with Crippen molar-refractivity contribution >= 4 is 11.8 Å². The quantitative estimate of drug-likeness (QED) is 0.590. The monoisotopic (exact) mass is 419 g/mol. The second kappa shape index (κ2) is 7.46. The van der Waals surface area contributed by atoms with E-state index >= 15 is 0 Å². The largest absolute Gasteiger partial charge is 0.479 e. The second-order valence-electron chi connectivity index (χ2n) is 10.3. The normalized spacial score (nSPS) is 47.6. The number of thioether (sulfide) groups is 1. The van der Waals surface area contributed by atoms with Crippen LogP contribution in [0.5, 0.6) is 0 Å². The molecule has 0 saturated carbocycles. The molecule has 5 rings (SSSR count). The third kappa shape index (κ3) is 3.74. The van der Waals surface area contributed by atoms with Crippen LogP contribution in [0, 0.1) is 23.2 Å². The van der Waals surface area contributed by atoms with E-state index in [1.165, 1.54) is 11.1 Å². The SMILES string of the molecule is [2H]C([2H])([2H])C1C=CC2[C@@H]3CCCC([C@H]4CC=C5C(N4)S[C@H](C)[C@@H]5C([2H])([2H])C(C)(C)C)=C3O[C@@H]2N1. The van der Waals surface area contributed by atoms with E-state index < -0.39 is 24.7 Å². The zero-order valence-electron chi connectivity index (χ0n) is 23.0. The average molecular weight is 420 g/mol. The highest BCUT2D eigenvalue weighted by Gasteiger charge is 2.47. The first-order valence-corrected chi connectivity index (χ1v) is 12.2. The van der Waals surface area contributed by atoms with Crippen LogP contribution in [0.1, 0.15) is 73.5 Å². The van der Waals surface area contributed by atoms with Gasteiger partial charge in [0.1, 0.15) is 5.76 Å². The van der Waals surface area contributed by atoms with E-state index in [1.807, 2.05) is 38.6 Å². The summed E-state index contributed by atoms with van der Waals surface area (Å²) in [5, 5.41) is 7.43. The van der Waals surface area contributed by atoms with Crippen LogP contribution in [0.4, 0.5) is 0 Å². The van der Waals surface area contributed by atoms with E-state index in [-0.39, 0.29) is 34.7 Å². The molecule has 4 heteroatoms. The van der Waals surface area contributed by atoms with E-state index in [0.717, 1.165) is 31.4 Å². The lowest BCUT2D eigenvalue weighted by Gasteiger charge is -2.34. The van der Waals surface area contributed by atoms with Crippen LogP contribution in [0.15, 0.2) is 35.1 Å². The maximum atomic E-state index is 8.93. The number of rotatable bonds is 2. The van der Waals surface area contributed by atoms with Gasteiger partial charge in [0, 0.05) is 36.0 Å². The molecule has 0 radical (unpaired) electrons. The van der Waals surface area contributed by atoms with Crippen molar-refractivity contribution in [2.45, 2.75) is 95.5 Å². The van der Waals surface area contributed by atoms with Crippen LogP contribution in [0.3, 0.4) is 0 Å². The molecule has 29 heavy (non-hydrogen) atoms. The third-order valence-corrected chi connectivity index (χ3v) is 8.37. The number of nitrogens with one attached hydrogen (secondary N) is 2. The summed E-state index contributed by atoms with van der Waals surface area (Å²) in [4.78, 5) is 0. The molecule has 0 amide bonds. The predicted molar refractivity (Wildman–Crippen MR) is 122 cm³/mol. The van der Waals surface area contributed by atoms with Gasteiger partial charge in [-0.1, -0.05) is 45.9 Å². The van der Waals surface area contributed by atoms with Crippen molar-refractivity contribution in [1.82, 2.24) is 10.6 Å². The predicted octanol–water partition coefficient (Wildman–Crippen LogP) is 5.36. The third-order valence-electron chi connectivity index (χ3n) is 6.99. The van der Waals surface area contributed by atoms with Crippen LogP contribution >= 0.6 is 11.8 Å². The van der Waals surface area contributed by atoms with Crippen molar-refractivity contribution in [3.63, 3.8) is 0 Å². The molecule has 0 spiro atoms. The number of ether oxygens (including phenoxy) is 1. The van der Waals surface area contributed by atoms with Gasteiger partial charge in [0.05, 0.1) is 5.37 Å². The van der Waals surface area contributed by atoms with Crippen molar-refractivity contribution in [3.8, 4) is 0 Å². The maximum Gasteiger partial charge on any atom is 0.157 e. The van der Waals surface area contributed by atoms with Crippen molar-refractivity contribution < 1.29 is 11.6 Å². The second-order valence-corrected chi connectivity index (χ2v) is 11.8. The first kappa shape index (κ1) is 15.2. The molecule has 4 aliphatic heterocycles. The number of hydrogen-bond donors (Lipinski definition) is 2. The fourth-order valence-corrected chi connectivity index (χ4v) is 7.20. The van der Waals surface area contributed by atoms with Gasteiger partial charge in [0.2, 0.25) is 0 Å². The summed E-state index contributed by atoms with van der Waals surface area (Å²) >= 11 is 1.85. The molecule has 8 atom stereocenters. The van der Waals surface area contributed by atoms with Gasteiger partial charge < -0.3 is 4.74 Å². The zero-order chi connectivity index (χ0) is 24.6. The first-order chi connectivity index (χ1) is 15.8. The molecule has 0 aromatic heterocycles. The van der Waals surface area contributed by atoms with Gasteiger partial charge in [-0.05, 0) is 61.4 Å². The zero-order valence-corrected chi connectivity index (χ0v) is 18.8. The van der Waals surface area contributed by atoms with E-state index in [9.17, 15) is 0 Å². The first-order valence-electron chi connectivity index (χ1n) is 13.7. The Labute approximate surface area is 188 Å². The minimum Gasteiger partial charge on any atom is -0.479 e. The Bertz CT molecular complexity index is 921. The van der Waals surface area contributed by atoms with Gasteiger partial charge in [-0.25, -0.2) is 0 Å². The molecule has 1 aliphatic carbocycles. The Balaban J connectivity index is 1.38. The highest BCUT2D eigenvalue weighted by Crippen LogP contribution is 2.50. The Morgan fingerprint density at radius 2 is 2.17 bits per heavy atom. The Morgan fingerprint density at radius 3 is 2.97 bits per heavy atom. The van der Waals surface area contributed by atoms with Crippen molar-refractivity contribution in [1.29, 1.82) is 0 Å². The fourth-order valence-electron chi connectivity index (χ4n) is 5.75. The van der Waals surface area contributed by atoms with Gasteiger partial charge >= 0.3 is 0 Å². The molecular weight excluding hydrogens is 376 g/mol. The molecule has 2 fully saturated rings. The van der Waals surface area contributed by atoms with Gasteiger partial charge in [-0.2, -0.15) is 0 Å². The van der Waals surface area contributed by atoms with Gasteiger partial charge in [-0.3, -0.25) is 10.6 Å². The van der Waals surface area contributed by atoms with Gasteiger partial charge in [0.15, 0.2) is 6.23 Å². The molecule has 5 aliphatic rings. The number of fused-ring (bicyclic) bond motifs is 4. The molecule has 0 bridgehead atoms. The smallest absolute Gasteiger partial charge is 0.157 e. The lowest BCUT2D eigenvalue weighted by molar-refractivity contribution is 0.0963. The Morgan fingerprint density at radius 1 is 1.31 bits per heavy atom. The molecule has 4 heterocycles. The summed E-state index contributed by atoms with van der Waals surface area (Å²) < 4.78 is 47.6. The minimum atomic E-state index is -2.08. The van der Waals surface area contributed by atoms with Crippen molar-refractivity contribution in [2.75, 3.05) is 0 Å². The van der Waals surface area contributed by atoms with Crippen LogP contribution in [-0.4, -0.2) is 28.9 Å². The summed E-state index contributed by atoms with van der Waals surface area (Å²) in [5.41, 5.74) is 2.12. The highest BCUT2D eigenvalue weighted by atomic mass is 32.2. The standard InChI is InChI=1S/C25H38N2OS/c1-14-9-10-17-16-7-6-8-19(22(16)28-23(17)26-14)21-12-11-18-20(13-25(3,4)5)15(2)29-24(18)27-21/h9-11,14-17,20-21,23-24,26-27H,6-8,12-13H2,1-5H3/t14?,15-,16+,17?,20+,21-,23+,24?/m1/s1/i1D3,13D2. The molecule has 2 N–H and O–H groups in total. The molecule has 0 aromatic carbocycles. The summed E-state index contributed by atoms with van der Waals surface area (Å²) in [6, 6.07) is -0.476. The molecular formula is C25H38N2OS. The molecule has 3 unspecified atom stereocenters. The summed E-state index contributed by atoms with van der Waals surface area (Å²) in [6.45, 7) is 6.09. The summed E-state index contributed by atoms with van der Waals surface area (Å²) in [6.07, 6.45) is 8.65. The number of hydrogen-bond acceptors (Lipinski definition) is 4. The highest BCUT2D eigenvalue weighted by molar-refractivity contribution is 8.01. The molecule has 2 saturated heterocycles. The van der Waals surface area contributed by atoms with Crippen LogP contribution in [0.2, 0.25) is 0 Å². The molecule has 3 nitrogen and oxygen atoms in total. The minimum absolute atomic E-state index is 0.0931. The maximum absolute atomic E-state index is 8.93. The lowest BCUT2D eigenvalue weighted by atomic mass is 9.76. The van der Waals surface area contributed by atoms with E-state index in [0.29, 0.717) is 5.92 Å². The van der Waals surface area contributed by atoms with Gasteiger partial charge in [-0.15, -0.1) is 11.8 Å². The summed E-state index contributed by atoms with van der Waals surface area (Å²) in [7, 11) is 0. The van der Waals surface area contributed by atoms with Crippen LogP contribution in [0.25, 0.3) is 0 Å². The van der Waals surface area contributed by atoms with Crippen LogP contribution < -0.4 is 10.6 Å². The topological polar surface area (TPSA) is 33.3 Å². The van der Waals surface area contributed by atoms with E-state index in [4.69, 9.17) is 11.6 Å². The molecule has 160 valence electrons. The Hall–Kier alpha value is -0.710. The summed E-state index contributed by atoms with van der Waals surface area (Å²) in [5.74, 6) is 1.46. The van der Waals surface area contributed by atoms with Crippen LogP contribution in [-0.2, 0) is 4.74 Å². The Kier molecular flexibility index (Phi) is 3.90. The number of allylic oxidation sites excluding steroid dienone is 1. The fraction of sp³-hybridized carbons (Fsp3) is 0.760. The van der Waals surface area contributed by atoms with Crippen molar-refractivity contribution in [3.05, 3.63) is 35.1 Å².